The molecule has 0 aliphatic heterocycles. The lowest BCUT2D eigenvalue weighted by atomic mass is 10.1. The van der Waals surface area contributed by atoms with Gasteiger partial charge in [-0.3, -0.25) is 24.1 Å². The molecule has 0 radical (unpaired) electrons. The standard InChI is InChI=1S/C21H17N5O2/c27-19(13-26-14-25-18-8-2-1-7-17(18)21(26)28)24-12-16-6-4-10-23-20(16)15-5-3-9-22-11-15/h1-11,14H,12-13H2,(H,24,27). The van der Waals surface area contributed by atoms with Crippen molar-refractivity contribution in [2.24, 2.45) is 0 Å². The third kappa shape index (κ3) is 3.64. The fourth-order valence-corrected chi connectivity index (χ4v) is 2.97. The monoisotopic (exact) mass is 371 g/mol. The van der Waals surface area contributed by atoms with E-state index in [9.17, 15) is 9.59 Å². The number of fused-ring (bicyclic) bond motifs is 1. The van der Waals surface area contributed by atoms with E-state index < -0.39 is 0 Å². The highest BCUT2D eigenvalue weighted by molar-refractivity contribution is 5.79. The van der Waals surface area contributed by atoms with Crippen LogP contribution in [0.1, 0.15) is 5.56 Å². The molecule has 0 atom stereocenters. The van der Waals surface area contributed by atoms with Gasteiger partial charge in [-0.1, -0.05) is 18.2 Å². The van der Waals surface area contributed by atoms with Gasteiger partial charge < -0.3 is 5.32 Å². The normalized spacial score (nSPS) is 10.7. The van der Waals surface area contributed by atoms with Gasteiger partial charge in [-0.2, -0.15) is 0 Å². The second kappa shape index (κ2) is 7.79. The zero-order valence-electron chi connectivity index (χ0n) is 14.9. The maximum Gasteiger partial charge on any atom is 0.261 e. The van der Waals surface area contributed by atoms with Gasteiger partial charge >= 0.3 is 0 Å². The Morgan fingerprint density at radius 1 is 1.00 bits per heavy atom. The van der Waals surface area contributed by atoms with Crippen LogP contribution in [-0.2, 0) is 17.9 Å². The molecule has 3 heterocycles. The van der Waals surface area contributed by atoms with Gasteiger partial charge in [0.1, 0.15) is 6.54 Å². The molecule has 4 aromatic rings. The van der Waals surface area contributed by atoms with Gasteiger partial charge in [0.15, 0.2) is 0 Å². The minimum Gasteiger partial charge on any atom is -0.350 e. The summed E-state index contributed by atoms with van der Waals surface area (Å²) in [7, 11) is 0. The molecule has 0 saturated carbocycles. The molecule has 3 aromatic heterocycles. The summed E-state index contributed by atoms with van der Waals surface area (Å²) in [5.41, 5.74) is 2.88. The van der Waals surface area contributed by atoms with Crippen LogP contribution in [0.25, 0.3) is 22.2 Å². The van der Waals surface area contributed by atoms with E-state index in [2.05, 4.69) is 20.3 Å². The smallest absolute Gasteiger partial charge is 0.261 e. The molecule has 0 aliphatic rings. The number of aromatic nitrogens is 4. The average Bonchev–Trinajstić information content (AvgIpc) is 2.75. The largest absolute Gasteiger partial charge is 0.350 e. The molecule has 0 spiro atoms. The minimum absolute atomic E-state index is 0.0981. The second-order valence-corrected chi connectivity index (χ2v) is 6.22. The first-order valence-corrected chi connectivity index (χ1v) is 8.77. The minimum atomic E-state index is -0.278. The Hall–Kier alpha value is -3.87. The summed E-state index contributed by atoms with van der Waals surface area (Å²) in [6, 6.07) is 14.5. The van der Waals surface area contributed by atoms with Gasteiger partial charge in [-0.15, -0.1) is 0 Å². The molecular weight excluding hydrogens is 354 g/mol. The van der Waals surface area contributed by atoms with Gasteiger partial charge in [0.25, 0.3) is 5.56 Å². The Morgan fingerprint density at radius 2 is 1.86 bits per heavy atom. The quantitative estimate of drug-likeness (QED) is 0.581. The van der Waals surface area contributed by atoms with Gasteiger partial charge in [-0.25, -0.2) is 4.98 Å². The number of para-hydroxylation sites is 1. The summed E-state index contributed by atoms with van der Waals surface area (Å²) < 4.78 is 1.31. The molecule has 1 amide bonds. The van der Waals surface area contributed by atoms with Crippen LogP contribution in [0, 0.1) is 0 Å². The molecule has 7 nitrogen and oxygen atoms in total. The van der Waals surface area contributed by atoms with Gasteiger partial charge in [0.05, 0.1) is 22.9 Å². The van der Waals surface area contributed by atoms with Crippen LogP contribution in [0.15, 0.2) is 78.2 Å². The van der Waals surface area contributed by atoms with Crippen LogP contribution >= 0.6 is 0 Å². The summed E-state index contributed by atoms with van der Waals surface area (Å²) >= 11 is 0. The number of hydrogen-bond acceptors (Lipinski definition) is 5. The number of carbonyl (C=O) groups is 1. The number of nitrogens with one attached hydrogen (secondary N) is 1. The van der Waals surface area contributed by atoms with E-state index in [1.807, 2.05) is 30.3 Å². The van der Waals surface area contributed by atoms with Crippen LogP contribution in [0.2, 0.25) is 0 Å². The number of benzene rings is 1. The first kappa shape index (κ1) is 17.5. The number of amides is 1. The Balaban J connectivity index is 1.49. The van der Waals surface area contributed by atoms with Crippen molar-refractivity contribution in [1.29, 1.82) is 0 Å². The molecule has 0 saturated heterocycles. The Bertz CT molecular complexity index is 1190. The first-order chi connectivity index (χ1) is 13.7. The lowest BCUT2D eigenvalue weighted by Crippen LogP contribution is -2.32. The topological polar surface area (TPSA) is 89.8 Å². The Kier molecular flexibility index (Phi) is 4.88. The van der Waals surface area contributed by atoms with Crippen molar-refractivity contribution in [1.82, 2.24) is 24.8 Å². The maximum absolute atomic E-state index is 12.5. The third-order valence-electron chi connectivity index (χ3n) is 4.35. The van der Waals surface area contributed by atoms with Crippen LogP contribution in [0.4, 0.5) is 0 Å². The number of nitrogens with zero attached hydrogens (tertiary/aromatic N) is 4. The average molecular weight is 371 g/mol. The molecule has 28 heavy (non-hydrogen) atoms. The zero-order chi connectivity index (χ0) is 19.3. The van der Waals surface area contributed by atoms with E-state index in [0.717, 1.165) is 16.8 Å². The van der Waals surface area contributed by atoms with Gasteiger partial charge in [0.2, 0.25) is 5.91 Å². The molecule has 0 fully saturated rings. The Morgan fingerprint density at radius 3 is 2.71 bits per heavy atom. The summed E-state index contributed by atoms with van der Waals surface area (Å²) in [5.74, 6) is -0.278. The van der Waals surface area contributed by atoms with E-state index in [1.165, 1.54) is 10.9 Å². The molecule has 0 aliphatic carbocycles. The van der Waals surface area contributed by atoms with E-state index >= 15 is 0 Å². The molecule has 0 unspecified atom stereocenters. The summed E-state index contributed by atoms with van der Waals surface area (Å²) in [4.78, 5) is 37.6. The number of rotatable bonds is 5. The van der Waals surface area contributed by atoms with E-state index in [4.69, 9.17) is 0 Å². The van der Waals surface area contributed by atoms with Crippen LogP contribution < -0.4 is 10.9 Å². The molecule has 4 rings (SSSR count). The van der Waals surface area contributed by atoms with E-state index in [1.54, 1.807) is 36.8 Å². The van der Waals surface area contributed by atoms with Gasteiger partial charge in [0, 0.05) is 30.7 Å². The molecule has 138 valence electrons. The van der Waals surface area contributed by atoms with E-state index in [-0.39, 0.29) is 18.0 Å². The fourth-order valence-electron chi connectivity index (χ4n) is 2.97. The number of hydrogen-bond donors (Lipinski definition) is 1. The zero-order valence-corrected chi connectivity index (χ0v) is 14.9. The van der Waals surface area contributed by atoms with Crippen molar-refractivity contribution < 1.29 is 4.79 Å². The molecule has 1 N–H and O–H groups in total. The van der Waals surface area contributed by atoms with Gasteiger partial charge in [-0.05, 0) is 35.9 Å². The highest BCUT2D eigenvalue weighted by Crippen LogP contribution is 2.19. The van der Waals surface area contributed by atoms with Crippen molar-refractivity contribution in [3.63, 3.8) is 0 Å². The van der Waals surface area contributed by atoms with Crippen molar-refractivity contribution in [2.75, 3.05) is 0 Å². The second-order valence-electron chi connectivity index (χ2n) is 6.22. The first-order valence-electron chi connectivity index (χ1n) is 8.77. The van der Waals surface area contributed by atoms with Crippen LogP contribution in [0.3, 0.4) is 0 Å². The number of carbonyl (C=O) groups excluding carboxylic acids is 1. The maximum atomic E-state index is 12.5. The highest BCUT2D eigenvalue weighted by Gasteiger charge is 2.10. The van der Waals surface area contributed by atoms with Crippen molar-refractivity contribution in [3.8, 4) is 11.3 Å². The predicted molar refractivity (Wildman–Crippen MR) is 105 cm³/mol. The lowest BCUT2D eigenvalue weighted by molar-refractivity contribution is -0.121. The van der Waals surface area contributed by atoms with Crippen molar-refractivity contribution >= 4 is 16.8 Å². The molecule has 0 bridgehead atoms. The number of pyridine rings is 2. The molecule has 1 aromatic carbocycles. The lowest BCUT2D eigenvalue weighted by Gasteiger charge is -2.11. The summed E-state index contributed by atoms with van der Waals surface area (Å²) in [6.07, 6.45) is 6.53. The van der Waals surface area contributed by atoms with E-state index in [0.29, 0.717) is 17.4 Å². The SMILES string of the molecule is O=C(Cn1cnc2ccccc2c1=O)NCc1cccnc1-c1cccnc1. The molecule has 7 heteroatoms. The summed E-state index contributed by atoms with van der Waals surface area (Å²) in [5, 5.41) is 3.34. The summed E-state index contributed by atoms with van der Waals surface area (Å²) in [6.45, 7) is 0.200. The van der Waals surface area contributed by atoms with Crippen molar-refractivity contribution in [2.45, 2.75) is 13.1 Å². The highest BCUT2D eigenvalue weighted by atomic mass is 16.2. The Labute approximate surface area is 160 Å². The third-order valence-corrected chi connectivity index (χ3v) is 4.35. The predicted octanol–water partition coefficient (Wildman–Crippen LogP) is 2.17. The fraction of sp³-hybridized carbons (Fsp3) is 0.0952. The van der Waals surface area contributed by atoms with Crippen LogP contribution in [0.5, 0.6) is 0 Å². The van der Waals surface area contributed by atoms with Crippen molar-refractivity contribution in [3.05, 3.63) is 89.4 Å². The molecular formula is C21H17N5O2. The van der Waals surface area contributed by atoms with Crippen LogP contribution in [-0.4, -0.2) is 25.4 Å².